The fourth-order valence-corrected chi connectivity index (χ4v) is 1.14. The van der Waals surface area contributed by atoms with Crippen LogP contribution in [0.1, 0.15) is 18.5 Å². The molecule has 0 saturated carbocycles. The van der Waals surface area contributed by atoms with Crippen molar-refractivity contribution in [2.45, 2.75) is 13.0 Å². The van der Waals surface area contributed by atoms with Gasteiger partial charge in [0.05, 0.1) is 6.61 Å². The molecule has 1 aromatic carbocycles. The molecule has 0 radical (unpaired) electrons. The van der Waals surface area contributed by atoms with Crippen LogP contribution in [0.15, 0.2) is 24.3 Å². The van der Waals surface area contributed by atoms with Gasteiger partial charge in [0.1, 0.15) is 12.4 Å². The molecule has 1 rings (SSSR count). The smallest absolute Gasteiger partial charge is 0.124 e. The lowest BCUT2D eigenvalue weighted by Gasteiger charge is -2.12. The number of para-hydroxylation sites is 1. The van der Waals surface area contributed by atoms with Gasteiger partial charge in [-0.3, -0.25) is 0 Å². The second-order valence-electron chi connectivity index (χ2n) is 2.90. The topological polar surface area (TPSA) is 55.5 Å². The maximum Gasteiger partial charge on any atom is 0.124 e. The molecule has 0 aliphatic carbocycles. The van der Waals surface area contributed by atoms with Crippen molar-refractivity contribution in [2.75, 3.05) is 13.2 Å². The van der Waals surface area contributed by atoms with E-state index in [0.717, 1.165) is 11.3 Å². The largest absolute Gasteiger partial charge is 0.491 e. The summed E-state index contributed by atoms with van der Waals surface area (Å²) in [7, 11) is 0. The number of ether oxygens (including phenoxy) is 1. The number of rotatable bonds is 4. The average Bonchev–Trinajstić information content (AvgIpc) is 2.15. The third-order valence-corrected chi connectivity index (χ3v) is 1.76. The molecule has 1 atom stereocenters. The molecule has 0 amide bonds. The van der Waals surface area contributed by atoms with Crippen LogP contribution in [-0.2, 0) is 0 Å². The van der Waals surface area contributed by atoms with E-state index in [9.17, 15) is 0 Å². The molecule has 0 aromatic heterocycles. The highest BCUT2D eigenvalue weighted by molar-refractivity contribution is 5.35. The first kappa shape index (κ1) is 10.0. The van der Waals surface area contributed by atoms with Gasteiger partial charge >= 0.3 is 0 Å². The van der Waals surface area contributed by atoms with E-state index in [1.165, 1.54) is 0 Å². The molecular weight excluding hydrogens is 166 g/mol. The Kier molecular flexibility index (Phi) is 3.73. The summed E-state index contributed by atoms with van der Waals surface area (Å²) in [4.78, 5) is 0. The first-order valence-electron chi connectivity index (χ1n) is 4.34. The zero-order valence-corrected chi connectivity index (χ0v) is 7.73. The molecule has 0 spiro atoms. The molecule has 0 saturated heterocycles. The van der Waals surface area contributed by atoms with Crippen LogP contribution in [0.2, 0.25) is 0 Å². The van der Waals surface area contributed by atoms with E-state index in [1.807, 2.05) is 31.2 Å². The molecule has 3 nitrogen and oxygen atoms in total. The first-order valence-corrected chi connectivity index (χ1v) is 4.34. The van der Waals surface area contributed by atoms with Crippen LogP contribution >= 0.6 is 0 Å². The summed E-state index contributed by atoms with van der Waals surface area (Å²) in [6, 6.07) is 7.55. The number of nitrogens with two attached hydrogens (primary N) is 1. The van der Waals surface area contributed by atoms with Crippen molar-refractivity contribution < 1.29 is 9.84 Å². The van der Waals surface area contributed by atoms with Gasteiger partial charge in [-0.25, -0.2) is 0 Å². The van der Waals surface area contributed by atoms with E-state index in [0.29, 0.717) is 6.61 Å². The fourth-order valence-electron chi connectivity index (χ4n) is 1.14. The Hall–Kier alpha value is -1.06. The Morgan fingerprint density at radius 3 is 2.77 bits per heavy atom. The maximum absolute atomic E-state index is 8.60. The Balaban J connectivity index is 2.78. The molecule has 0 aliphatic heterocycles. The molecule has 3 N–H and O–H groups in total. The van der Waals surface area contributed by atoms with E-state index >= 15 is 0 Å². The number of hydrogen-bond donors (Lipinski definition) is 2. The molecule has 0 heterocycles. The lowest BCUT2D eigenvalue weighted by atomic mass is 10.1. The molecule has 0 aliphatic rings. The van der Waals surface area contributed by atoms with Gasteiger partial charge in [0.2, 0.25) is 0 Å². The van der Waals surface area contributed by atoms with Crippen LogP contribution in [0.25, 0.3) is 0 Å². The van der Waals surface area contributed by atoms with Gasteiger partial charge in [-0.05, 0) is 13.0 Å². The van der Waals surface area contributed by atoms with E-state index in [-0.39, 0.29) is 12.6 Å². The Morgan fingerprint density at radius 1 is 1.46 bits per heavy atom. The molecule has 3 heteroatoms. The summed E-state index contributed by atoms with van der Waals surface area (Å²) in [5.41, 5.74) is 6.71. The number of aliphatic hydroxyl groups is 1. The summed E-state index contributed by atoms with van der Waals surface area (Å²) in [5, 5.41) is 8.60. The van der Waals surface area contributed by atoms with Gasteiger partial charge in [-0.1, -0.05) is 18.2 Å². The first-order chi connectivity index (χ1) is 6.25. The predicted octanol–water partition coefficient (Wildman–Crippen LogP) is 1.08. The molecule has 0 unspecified atom stereocenters. The summed E-state index contributed by atoms with van der Waals surface area (Å²) < 4.78 is 5.32. The summed E-state index contributed by atoms with van der Waals surface area (Å²) >= 11 is 0. The highest BCUT2D eigenvalue weighted by atomic mass is 16.5. The molecular formula is C10H15NO2. The summed E-state index contributed by atoms with van der Waals surface area (Å²) in [6.45, 7) is 2.23. The van der Waals surface area contributed by atoms with E-state index in [2.05, 4.69) is 0 Å². The summed E-state index contributed by atoms with van der Waals surface area (Å²) in [5.74, 6) is 0.756. The summed E-state index contributed by atoms with van der Waals surface area (Å²) in [6.07, 6.45) is 0. The molecule has 0 bridgehead atoms. The van der Waals surface area contributed by atoms with Crippen LogP contribution in [0, 0.1) is 0 Å². The third-order valence-electron chi connectivity index (χ3n) is 1.76. The minimum absolute atomic E-state index is 0.0211. The van der Waals surface area contributed by atoms with Crippen LogP contribution < -0.4 is 10.5 Å². The Morgan fingerprint density at radius 2 is 2.15 bits per heavy atom. The number of benzene rings is 1. The quantitative estimate of drug-likeness (QED) is 0.730. The van der Waals surface area contributed by atoms with Crippen LogP contribution in [0.5, 0.6) is 5.75 Å². The van der Waals surface area contributed by atoms with Crippen LogP contribution in [0.3, 0.4) is 0 Å². The van der Waals surface area contributed by atoms with Gasteiger partial charge in [0.25, 0.3) is 0 Å². The monoisotopic (exact) mass is 181 g/mol. The van der Waals surface area contributed by atoms with Gasteiger partial charge < -0.3 is 15.6 Å². The van der Waals surface area contributed by atoms with Gasteiger partial charge in [-0.2, -0.15) is 0 Å². The number of hydrogen-bond acceptors (Lipinski definition) is 3. The molecule has 13 heavy (non-hydrogen) atoms. The highest BCUT2D eigenvalue weighted by Crippen LogP contribution is 2.22. The van der Waals surface area contributed by atoms with E-state index in [4.69, 9.17) is 15.6 Å². The van der Waals surface area contributed by atoms with Gasteiger partial charge in [0.15, 0.2) is 0 Å². The second-order valence-corrected chi connectivity index (χ2v) is 2.90. The zero-order valence-electron chi connectivity index (χ0n) is 7.73. The van der Waals surface area contributed by atoms with Crippen molar-refractivity contribution >= 4 is 0 Å². The Bertz CT molecular complexity index is 261. The van der Waals surface area contributed by atoms with Crippen LogP contribution in [-0.4, -0.2) is 18.3 Å². The molecule has 1 aromatic rings. The lowest BCUT2D eigenvalue weighted by Crippen LogP contribution is -2.09. The highest BCUT2D eigenvalue weighted by Gasteiger charge is 2.05. The van der Waals surface area contributed by atoms with Gasteiger partial charge in [-0.15, -0.1) is 0 Å². The van der Waals surface area contributed by atoms with Crippen LogP contribution in [0.4, 0.5) is 0 Å². The number of aliphatic hydroxyl groups excluding tert-OH is 1. The molecule has 72 valence electrons. The fraction of sp³-hybridized carbons (Fsp3) is 0.400. The minimum Gasteiger partial charge on any atom is -0.491 e. The van der Waals surface area contributed by atoms with Crippen molar-refractivity contribution in [3.63, 3.8) is 0 Å². The van der Waals surface area contributed by atoms with Crippen molar-refractivity contribution in [3.05, 3.63) is 29.8 Å². The second kappa shape index (κ2) is 4.84. The lowest BCUT2D eigenvalue weighted by molar-refractivity contribution is 0.200. The normalized spacial score (nSPS) is 12.5. The standard InChI is InChI=1S/C10H15NO2/c1-8(11)9-4-2-3-5-10(9)13-7-6-12/h2-5,8,12H,6-7,11H2,1H3/t8-/m0/s1. The maximum atomic E-state index is 8.60. The van der Waals surface area contributed by atoms with Crippen molar-refractivity contribution in [1.82, 2.24) is 0 Å². The van der Waals surface area contributed by atoms with Gasteiger partial charge in [0, 0.05) is 11.6 Å². The van der Waals surface area contributed by atoms with Crippen molar-refractivity contribution in [2.24, 2.45) is 5.73 Å². The van der Waals surface area contributed by atoms with E-state index in [1.54, 1.807) is 0 Å². The van der Waals surface area contributed by atoms with Crippen molar-refractivity contribution in [3.8, 4) is 5.75 Å². The Labute approximate surface area is 78.1 Å². The van der Waals surface area contributed by atoms with E-state index < -0.39 is 0 Å². The SMILES string of the molecule is C[C@H](N)c1ccccc1OCCO. The zero-order chi connectivity index (χ0) is 9.68. The van der Waals surface area contributed by atoms with Crippen molar-refractivity contribution in [1.29, 1.82) is 0 Å². The molecule has 0 fully saturated rings. The third kappa shape index (κ3) is 2.72. The average molecular weight is 181 g/mol. The minimum atomic E-state index is -0.0464. The predicted molar refractivity (Wildman–Crippen MR) is 51.6 cm³/mol.